The highest BCUT2D eigenvalue weighted by atomic mass is 16.5. The van der Waals surface area contributed by atoms with Crippen molar-refractivity contribution in [2.45, 2.75) is 13.2 Å². The fourth-order valence-corrected chi connectivity index (χ4v) is 3.20. The average Bonchev–Trinajstić information content (AvgIpc) is 2.82. The predicted molar refractivity (Wildman–Crippen MR) is 118 cm³/mol. The quantitative estimate of drug-likeness (QED) is 0.317. The van der Waals surface area contributed by atoms with Crippen LogP contribution in [0, 0.1) is 5.21 Å². The number of aromatic nitrogens is 1. The summed E-state index contributed by atoms with van der Waals surface area (Å²) in [4.78, 5) is 10.8. The summed E-state index contributed by atoms with van der Waals surface area (Å²) in [5.41, 5.74) is 1.82. The van der Waals surface area contributed by atoms with E-state index in [4.69, 9.17) is 19.3 Å². The molecule has 32 heavy (non-hydrogen) atoms. The third kappa shape index (κ3) is 5.07. The van der Waals surface area contributed by atoms with Crippen LogP contribution in [0.1, 0.15) is 11.3 Å². The highest BCUT2D eigenvalue weighted by Crippen LogP contribution is 2.24. The number of fused-ring (bicyclic) bond motifs is 1. The number of aliphatic carboxylic acids is 1. The van der Waals surface area contributed by atoms with Crippen LogP contribution in [0.25, 0.3) is 10.9 Å². The third-order valence-corrected chi connectivity index (χ3v) is 4.78. The van der Waals surface area contributed by atoms with Crippen LogP contribution in [0.15, 0.2) is 84.9 Å². The van der Waals surface area contributed by atoms with Crippen molar-refractivity contribution in [1.29, 1.82) is 0 Å². The molecule has 4 rings (SSSR count). The summed E-state index contributed by atoms with van der Waals surface area (Å²) in [5, 5.41) is 22.3. The van der Waals surface area contributed by atoms with E-state index in [2.05, 4.69) is 0 Å². The van der Waals surface area contributed by atoms with Crippen molar-refractivity contribution < 1.29 is 28.8 Å². The number of nitrogens with zero attached hydrogens (tertiary/aromatic N) is 1. The molecule has 0 unspecified atom stereocenters. The number of carboxylic acid groups (broad SMARTS) is 1. The highest BCUT2D eigenvalue weighted by molar-refractivity contribution is 5.75. The Hall–Kier alpha value is -4.26. The molecular weight excluding hydrogens is 410 g/mol. The molecule has 3 aromatic carbocycles. The van der Waals surface area contributed by atoms with Gasteiger partial charge in [0.15, 0.2) is 13.2 Å². The maximum atomic E-state index is 12.6. The molecule has 162 valence electrons. The number of rotatable bonds is 9. The zero-order valence-corrected chi connectivity index (χ0v) is 17.1. The summed E-state index contributed by atoms with van der Waals surface area (Å²) in [6.45, 7) is -0.108. The lowest BCUT2D eigenvalue weighted by atomic mass is 10.2. The molecule has 0 amide bonds. The molecule has 0 spiro atoms. The smallest absolute Gasteiger partial charge is 0.341 e. The number of ether oxygens (including phenoxy) is 3. The molecule has 7 nitrogen and oxygen atoms in total. The first-order valence-corrected chi connectivity index (χ1v) is 9.98. The van der Waals surface area contributed by atoms with Gasteiger partial charge in [0.1, 0.15) is 23.9 Å². The second-order valence-corrected chi connectivity index (χ2v) is 7.02. The SMILES string of the molecule is O=C(O)COc1ccccc1COc1cccc(OCc2ccc3ccccc3[n+]2[O-])c1. The van der Waals surface area contributed by atoms with Crippen LogP contribution >= 0.6 is 0 Å². The molecule has 0 radical (unpaired) electrons. The number of hydrogen-bond acceptors (Lipinski definition) is 5. The van der Waals surface area contributed by atoms with E-state index in [0.717, 1.165) is 15.7 Å². The summed E-state index contributed by atoms with van der Waals surface area (Å²) < 4.78 is 17.8. The maximum Gasteiger partial charge on any atom is 0.341 e. The molecule has 0 aliphatic heterocycles. The van der Waals surface area contributed by atoms with Crippen molar-refractivity contribution in [2.75, 3.05) is 6.61 Å². The standard InChI is InChI=1S/C25H21NO6/c27-25(28)17-32-24-11-4-2-7-19(24)15-30-21-8-5-9-22(14-21)31-16-20-13-12-18-6-1-3-10-23(18)26(20)29/h1-14H,15-17H2,(H,27,28). The van der Waals surface area contributed by atoms with Gasteiger partial charge in [0.05, 0.1) is 0 Å². The van der Waals surface area contributed by atoms with Gasteiger partial charge in [-0.05, 0) is 30.3 Å². The summed E-state index contributed by atoms with van der Waals surface area (Å²) in [7, 11) is 0. The second-order valence-electron chi connectivity index (χ2n) is 7.02. The molecule has 0 aliphatic rings. The van der Waals surface area contributed by atoms with Gasteiger partial charge in [0, 0.05) is 29.1 Å². The number of benzene rings is 3. The first-order valence-electron chi connectivity index (χ1n) is 9.98. The molecule has 1 N–H and O–H groups in total. The highest BCUT2D eigenvalue weighted by Gasteiger charge is 2.11. The summed E-state index contributed by atoms with van der Waals surface area (Å²) in [5.74, 6) is 0.546. The largest absolute Gasteiger partial charge is 0.618 e. The Labute approximate surface area is 184 Å². The Morgan fingerprint density at radius 3 is 2.34 bits per heavy atom. The monoisotopic (exact) mass is 431 g/mol. The van der Waals surface area contributed by atoms with Gasteiger partial charge in [-0.3, -0.25) is 0 Å². The number of pyridine rings is 1. The summed E-state index contributed by atoms with van der Waals surface area (Å²) in [6, 6.07) is 25.2. The van der Waals surface area contributed by atoms with Crippen molar-refractivity contribution in [3.05, 3.63) is 101 Å². The van der Waals surface area contributed by atoms with Crippen LogP contribution in [-0.2, 0) is 18.0 Å². The van der Waals surface area contributed by atoms with E-state index in [-0.39, 0.29) is 13.2 Å². The minimum atomic E-state index is -1.05. The van der Waals surface area contributed by atoms with Gasteiger partial charge >= 0.3 is 5.97 Å². The van der Waals surface area contributed by atoms with Gasteiger partial charge in [-0.15, -0.1) is 0 Å². The van der Waals surface area contributed by atoms with Crippen molar-refractivity contribution in [3.63, 3.8) is 0 Å². The van der Waals surface area contributed by atoms with Crippen LogP contribution in [0.4, 0.5) is 0 Å². The van der Waals surface area contributed by atoms with Crippen molar-refractivity contribution in [2.24, 2.45) is 0 Å². The van der Waals surface area contributed by atoms with E-state index < -0.39 is 12.6 Å². The van der Waals surface area contributed by atoms with E-state index in [1.165, 1.54) is 0 Å². The number of para-hydroxylation sites is 2. The Morgan fingerprint density at radius 2 is 1.53 bits per heavy atom. The second kappa shape index (κ2) is 9.70. The van der Waals surface area contributed by atoms with Crippen LogP contribution in [0.3, 0.4) is 0 Å². The first-order chi connectivity index (χ1) is 15.6. The normalized spacial score (nSPS) is 10.6. The lowest BCUT2D eigenvalue weighted by Crippen LogP contribution is -2.33. The molecule has 7 heteroatoms. The van der Waals surface area contributed by atoms with E-state index in [0.29, 0.717) is 28.5 Å². The van der Waals surface area contributed by atoms with Crippen molar-refractivity contribution in [1.82, 2.24) is 0 Å². The Morgan fingerprint density at radius 1 is 0.812 bits per heavy atom. The van der Waals surface area contributed by atoms with E-state index >= 15 is 0 Å². The molecule has 1 heterocycles. The van der Waals surface area contributed by atoms with Crippen LogP contribution < -0.4 is 18.9 Å². The molecule has 4 aromatic rings. The van der Waals surface area contributed by atoms with E-state index in [1.54, 1.807) is 48.5 Å². The topological polar surface area (TPSA) is 91.9 Å². The Kier molecular flexibility index (Phi) is 6.36. The number of carboxylic acids is 1. The lowest BCUT2D eigenvalue weighted by Gasteiger charge is -2.12. The zero-order valence-electron chi connectivity index (χ0n) is 17.1. The van der Waals surface area contributed by atoms with Crippen LogP contribution in [0.5, 0.6) is 17.2 Å². The average molecular weight is 431 g/mol. The van der Waals surface area contributed by atoms with Crippen molar-refractivity contribution in [3.8, 4) is 17.2 Å². The summed E-state index contributed by atoms with van der Waals surface area (Å²) >= 11 is 0. The van der Waals surface area contributed by atoms with Crippen molar-refractivity contribution >= 4 is 16.9 Å². The molecule has 0 saturated carbocycles. The molecule has 0 atom stereocenters. The molecule has 0 saturated heterocycles. The Balaban J connectivity index is 1.40. The molecule has 1 aromatic heterocycles. The minimum Gasteiger partial charge on any atom is -0.618 e. The lowest BCUT2D eigenvalue weighted by molar-refractivity contribution is -0.588. The first kappa shape index (κ1) is 21.0. The number of carbonyl (C=O) groups is 1. The zero-order chi connectivity index (χ0) is 22.3. The minimum absolute atomic E-state index is 0.115. The van der Waals surface area contributed by atoms with Crippen LogP contribution in [0.2, 0.25) is 0 Å². The fourth-order valence-electron chi connectivity index (χ4n) is 3.20. The van der Waals surface area contributed by atoms with E-state index in [1.807, 2.05) is 36.4 Å². The van der Waals surface area contributed by atoms with Gasteiger partial charge in [-0.2, -0.15) is 4.73 Å². The molecule has 0 bridgehead atoms. The van der Waals surface area contributed by atoms with E-state index in [9.17, 15) is 10.0 Å². The number of hydrogen-bond donors (Lipinski definition) is 1. The van der Waals surface area contributed by atoms with Gasteiger partial charge in [-0.25, -0.2) is 4.79 Å². The molecular formula is C25H21NO6. The Bertz CT molecular complexity index is 1240. The van der Waals surface area contributed by atoms with Gasteiger partial charge in [0.2, 0.25) is 11.2 Å². The molecule has 0 fully saturated rings. The maximum absolute atomic E-state index is 12.6. The molecule has 0 aliphatic carbocycles. The predicted octanol–water partition coefficient (Wildman–Crippen LogP) is 4.09. The van der Waals surface area contributed by atoms with Gasteiger partial charge < -0.3 is 24.5 Å². The summed E-state index contributed by atoms with van der Waals surface area (Å²) in [6.07, 6.45) is 0. The van der Waals surface area contributed by atoms with Crippen LogP contribution in [-0.4, -0.2) is 17.7 Å². The van der Waals surface area contributed by atoms with Gasteiger partial charge in [-0.1, -0.05) is 36.4 Å². The fraction of sp³-hybridized carbons (Fsp3) is 0.120. The third-order valence-electron chi connectivity index (χ3n) is 4.78. The van der Waals surface area contributed by atoms with Gasteiger partial charge in [0.25, 0.3) is 0 Å².